The number of carboxylic acids is 1. The summed E-state index contributed by atoms with van der Waals surface area (Å²) in [6.45, 7) is 0.495. The number of benzene rings is 1. The average molecular weight is 339 g/mol. The van der Waals surface area contributed by atoms with Gasteiger partial charge in [0.05, 0.1) is 11.1 Å². The van der Waals surface area contributed by atoms with Gasteiger partial charge in [0.2, 0.25) is 0 Å². The van der Waals surface area contributed by atoms with Crippen molar-refractivity contribution in [3.63, 3.8) is 0 Å². The van der Waals surface area contributed by atoms with Crippen molar-refractivity contribution in [3.05, 3.63) is 59.3 Å². The first-order chi connectivity index (χ1) is 12.1. The van der Waals surface area contributed by atoms with Crippen molar-refractivity contribution in [2.75, 3.05) is 12.3 Å². The van der Waals surface area contributed by atoms with E-state index in [1.54, 1.807) is 0 Å². The number of alkyl carbamates (subject to hydrolysis) is 1. The quantitative estimate of drug-likeness (QED) is 0.567. The Morgan fingerprint density at radius 1 is 1.28 bits per heavy atom. The van der Waals surface area contributed by atoms with E-state index in [0.717, 1.165) is 5.56 Å². The lowest BCUT2D eigenvalue weighted by Gasteiger charge is -2.05. The van der Waals surface area contributed by atoms with E-state index in [0.29, 0.717) is 18.5 Å². The highest BCUT2D eigenvalue weighted by molar-refractivity contribution is 5.88. The Labute approximate surface area is 144 Å². The van der Waals surface area contributed by atoms with Crippen LogP contribution in [0.3, 0.4) is 0 Å². The highest BCUT2D eigenvalue weighted by Crippen LogP contribution is 2.09. The van der Waals surface area contributed by atoms with Gasteiger partial charge in [0, 0.05) is 19.2 Å². The van der Waals surface area contributed by atoms with E-state index in [-0.39, 0.29) is 18.0 Å². The number of anilines is 1. The molecule has 0 radical (unpaired) electrons. The second-order valence-electron chi connectivity index (χ2n) is 5.00. The fourth-order valence-electron chi connectivity index (χ4n) is 1.85. The Hall–Kier alpha value is -3.53. The summed E-state index contributed by atoms with van der Waals surface area (Å²) in [5.41, 5.74) is 6.91. The van der Waals surface area contributed by atoms with Crippen LogP contribution in [-0.4, -0.2) is 28.7 Å². The number of rotatable bonds is 5. The number of carbonyl (C=O) groups is 2. The number of aromatic nitrogens is 1. The van der Waals surface area contributed by atoms with Crippen LogP contribution in [0.1, 0.15) is 27.9 Å². The summed E-state index contributed by atoms with van der Waals surface area (Å²) in [4.78, 5) is 26.2. The molecule has 1 aromatic carbocycles. The van der Waals surface area contributed by atoms with Crippen molar-refractivity contribution in [3.8, 4) is 11.8 Å². The number of carbonyl (C=O) groups excluding carboxylic acids is 1. The van der Waals surface area contributed by atoms with Crippen molar-refractivity contribution in [2.45, 2.75) is 13.0 Å². The molecule has 0 aliphatic rings. The molecule has 1 aromatic heterocycles. The van der Waals surface area contributed by atoms with E-state index < -0.39 is 12.1 Å². The minimum Gasteiger partial charge on any atom is -0.478 e. The molecule has 0 fully saturated rings. The molecular weight excluding hydrogens is 322 g/mol. The van der Waals surface area contributed by atoms with Gasteiger partial charge in [0.15, 0.2) is 0 Å². The van der Waals surface area contributed by atoms with Crippen LogP contribution in [0, 0.1) is 11.8 Å². The van der Waals surface area contributed by atoms with Crippen LogP contribution in [0.15, 0.2) is 42.6 Å². The number of aromatic carboxylic acids is 1. The molecule has 0 saturated heterocycles. The van der Waals surface area contributed by atoms with Gasteiger partial charge in [-0.1, -0.05) is 42.2 Å². The molecular formula is C18H17N3O4. The summed E-state index contributed by atoms with van der Waals surface area (Å²) in [5, 5.41) is 11.5. The third kappa shape index (κ3) is 5.88. The molecule has 25 heavy (non-hydrogen) atoms. The van der Waals surface area contributed by atoms with Crippen LogP contribution in [0.2, 0.25) is 0 Å². The molecule has 0 atom stereocenters. The topological polar surface area (TPSA) is 115 Å². The Bertz CT molecular complexity index is 810. The number of amides is 1. The Balaban J connectivity index is 1.76. The smallest absolute Gasteiger partial charge is 0.407 e. The minimum atomic E-state index is -1.10. The molecule has 0 bridgehead atoms. The number of nitrogens with zero attached hydrogens (tertiary/aromatic N) is 1. The number of hydrogen-bond donors (Lipinski definition) is 3. The van der Waals surface area contributed by atoms with Crippen LogP contribution >= 0.6 is 0 Å². The van der Waals surface area contributed by atoms with Gasteiger partial charge < -0.3 is 20.9 Å². The summed E-state index contributed by atoms with van der Waals surface area (Å²) in [6.07, 6.45) is 1.00. The minimum absolute atomic E-state index is 0.0149. The Kier molecular flexibility index (Phi) is 6.37. The standard InChI is InChI=1S/C18H17N3O4/c19-16-14(10-15(11-21-16)17(22)23)8-4-5-9-20-18(24)25-12-13-6-2-1-3-7-13/h1-3,6-7,10-11H,5,9,12H2,(H2,19,21)(H,20,24)(H,22,23). The normalized spacial score (nSPS) is 9.60. The summed E-state index contributed by atoms with van der Waals surface area (Å²) in [7, 11) is 0. The van der Waals surface area contributed by atoms with Crippen molar-refractivity contribution < 1.29 is 19.4 Å². The number of nitrogen functional groups attached to an aromatic ring is 1. The first kappa shape index (κ1) is 17.8. The summed E-state index contributed by atoms with van der Waals surface area (Å²) < 4.78 is 5.06. The molecule has 0 spiro atoms. The van der Waals surface area contributed by atoms with Gasteiger partial charge in [-0.25, -0.2) is 14.6 Å². The molecule has 2 aromatic rings. The molecule has 1 heterocycles. The Morgan fingerprint density at radius 2 is 2.04 bits per heavy atom. The average Bonchev–Trinajstić information content (AvgIpc) is 2.61. The maximum absolute atomic E-state index is 11.5. The van der Waals surface area contributed by atoms with Gasteiger partial charge in [0.1, 0.15) is 12.4 Å². The van der Waals surface area contributed by atoms with Gasteiger partial charge in [-0.3, -0.25) is 0 Å². The molecule has 4 N–H and O–H groups in total. The highest BCUT2D eigenvalue weighted by Gasteiger charge is 2.06. The first-order valence-corrected chi connectivity index (χ1v) is 7.48. The number of ether oxygens (including phenoxy) is 1. The van der Waals surface area contributed by atoms with E-state index in [1.807, 2.05) is 30.3 Å². The molecule has 7 nitrogen and oxygen atoms in total. The number of hydrogen-bond acceptors (Lipinski definition) is 5. The second kappa shape index (κ2) is 8.93. The fourth-order valence-corrected chi connectivity index (χ4v) is 1.85. The van der Waals surface area contributed by atoms with Gasteiger partial charge in [0.25, 0.3) is 0 Å². The van der Waals surface area contributed by atoms with E-state index in [2.05, 4.69) is 22.1 Å². The fraction of sp³-hybridized carbons (Fsp3) is 0.167. The third-order valence-electron chi connectivity index (χ3n) is 3.12. The maximum atomic E-state index is 11.5. The second-order valence-corrected chi connectivity index (χ2v) is 5.00. The van der Waals surface area contributed by atoms with Crippen molar-refractivity contribution in [2.24, 2.45) is 0 Å². The maximum Gasteiger partial charge on any atom is 0.407 e. The lowest BCUT2D eigenvalue weighted by Crippen LogP contribution is -2.24. The summed E-state index contributed by atoms with van der Waals surface area (Å²) in [5.74, 6) is 4.61. The lowest BCUT2D eigenvalue weighted by molar-refractivity contribution is 0.0696. The summed E-state index contributed by atoms with van der Waals surface area (Å²) in [6, 6.07) is 10.7. The van der Waals surface area contributed by atoms with E-state index in [9.17, 15) is 9.59 Å². The molecule has 0 aliphatic heterocycles. The van der Waals surface area contributed by atoms with Crippen LogP contribution in [0.5, 0.6) is 0 Å². The van der Waals surface area contributed by atoms with Gasteiger partial charge in [-0.15, -0.1) is 0 Å². The van der Waals surface area contributed by atoms with E-state index >= 15 is 0 Å². The molecule has 0 unspecified atom stereocenters. The number of nitrogens with one attached hydrogen (secondary N) is 1. The monoisotopic (exact) mass is 339 g/mol. The van der Waals surface area contributed by atoms with Crippen molar-refractivity contribution >= 4 is 17.9 Å². The van der Waals surface area contributed by atoms with Crippen molar-refractivity contribution in [1.29, 1.82) is 0 Å². The van der Waals surface area contributed by atoms with Crippen molar-refractivity contribution in [1.82, 2.24) is 10.3 Å². The SMILES string of the molecule is Nc1ncc(C(=O)O)cc1C#CCCNC(=O)OCc1ccccc1. The van der Waals surface area contributed by atoms with Gasteiger partial charge in [-0.2, -0.15) is 0 Å². The third-order valence-corrected chi connectivity index (χ3v) is 3.12. The zero-order chi connectivity index (χ0) is 18.1. The van der Waals surface area contributed by atoms with Crippen LogP contribution < -0.4 is 11.1 Å². The molecule has 0 aliphatic carbocycles. The van der Waals surface area contributed by atoms with Crippen LogP contribution in [0.4, 0.5) is 10.6 Å². The predicted octanol–water partition coefficient (Wildman–Crippen LogP) is 2.03. The highest BCUT2D eigenvalue weighted by atomic mass is 16.5. The van der Waals surface area contributed by atoms with Crippen LogP contribution in [0.25, 0.3) is 0 Å². The van der Waals surface area contributed by atoms with Crippen LogP contribution in [-0.2, 0) is 11.3 Å². The number of carboxylic acid groups (broad SMARTS) is 1. The zero-order valence-corrected chi connectivity index (χ0v) is 13.4. The Morgan fingerprint density at radius 3 is 2.76 bits per heavy atom. The largest absolute Gasteiger partial charge is 0.478 e. The number of nitrogens with two attached hydrogens (primary N) is 1. The van der Waals surface area contributed by atoms with E-state index in [4.69, 9.17) is 15.6 Å². The van der Waals surface area contributed by atoms with Gasteiger partial charge in [-0.05, 0) is 11.6 Å². The summed E-state index contributed by atoms with van der Waals surface area (Å²) >= 11 is 0. The number of pyridine rings is 1. The molecule has 1 amide bonds. The van der Waals surface area contributed by atoms with E-state index in [1.165, 1.54) is 12.3 Å². The van der Waals surface area contributed by atoms with Gasteiger partial charge >= 0.3 is 12.1 Å². The molecule has 7 heteroatoms. The lowest BCUT2D eigenvalue weighted by atomic mass is 10.2. The molecule has 128 valence electrons. The predicted molar refractivity (Wildman–Crippen MR) is 91.7 cm³/mol. The first-order valence-electron chi connectivity index (χ1n) is 7.48. The molecule has 2 rings (SSSR count). The molecule has 0 saturated carbocycles. The zero-order valence-electron chi connectivity index (χ0n) is 13.4.